The van der Waals surface area contributed by atoms with Crippen LogP contribution in [0.2, 0.25) is 0 Å². The van der Waals surface area contributed by atoms with Gasteiger partial charge in [-0.05, 0) is 35.7 Å². The fourth-order valence-electron chi connectivity index (χ4n) is 3.69. The molecular formula is C22H28N2O5S. The molecular weight excluding hydrogens is 404 g/mol. The second-order valence-electron chi connectivity index (χ2n) is 7.61. The number of hydrogen-bond acceptors (Lipinski definition) is 5. The first-order valence-corrected chi connectivity index (χ1v) is 11.7. The predicted octanol–water partition coefficient (Wildman–Crippen LogP) is 2.84. The van der Waals surface area contributed by atoms with E-state index in [-0.39, 0.29) is 36.4 Å². The number of carbonyl (C=O) groups excluding carboxylic acids is 2. The SMILES string of the molecule is CN(C(=O)COC(=O)CCNS(=O)(=O)c1ccc2ccccc2c1)C1CCCCC1. The molecule has 0 spiro atoms. The van der Waals surface area contributed by atoms with E-state index in [0.29, 0.717) is 0 Å². The number of hydrogen-bond donors (Lipinski definition) is 1. The minimum Gasteiger partial charge on any atom is -0.456 e. The molecule has 1 N–H and O–H groups in total. The first kappa shape index (κ1) is 22.2. The molecule has 3 rings (SSSR count). The molecule has 0 atom stereocenters. The summed E-state index contributed by atoms with van der Waals surface area (Å²) in [5.41, 5.74) is 0. The molecule has 1 fully saturated rings. The molecule has 0 aliphatic heterocycles. The molecule has 162 valence electrons. The van der Waals surface area contributed by atoms with E-state index >= 15 is 0 Å². The predicted molar refractivity (Wildman–Crippen MR) is 114 cm³/mol. The van der Waals surface area contributed by atoms with Crippen LogP contribution in [-0.4, -0.2) is 51.4 Å². The van der Waals surface area contributed by atoms with Gasteiger partial charge in [0.25, 0.3) is 5.91 Å². The van der Waals surface area contributed by atoms with Gasteiger partial charge >= 0.3 is 5.97 Å². The third kappa shape index (κ3) is 5.79. The number of fused-ring (bicyclic) bond motifs is 1. The number of esters is 1. The van der Waals surface area contributed by atoms with Crippen LogP contribution in [0.25, 0.3) is 10.8 Å². The minimum absolute atomic E-state index is 0.0966. The molecule has 1 amide bonds. The third-order valence-electron chi connectivity index (χ3n) is 5.52. The number of rotatable bonds is 8. The quantitative estimate of drug-likeness (QED) is 0.648. The van der Waals surface area contributed by atoms with Crippen molar-refractivity contribution in [2.24, 2.45) is 0 Å². The van der Waals surface area contributed by atoms with Gasteiger partial charge in [-0.15, -0.1) is 0 Å². The summed E-state index contributed by atoms with van der Waals surface area (Å²) in [6.45, 7) is -0.413. The summed E-state index contributed by atoms with van der Waals surface area (Å²) in [6, 6.07) is 12.5. The summed E-state index contributed by atoms with van der Waals surface area (Å²) in [5, 5.41) is 1.77. The first-order chi connectivity index (χ1) is 14.4. The molecule has 1 saturated carbocycles. The number of amides is 1. The van der Waals surface area contributed by atoms with Gasteiger partial charge < -0.3 is 9.64 Å². The Hall–Kier alpha value is -2.45. The Morgan fingerprint density at radius 3 is 2.50 bits per heavy atom. The van der Waals surface area contributed by atoms with E-state index in [0.717, 1.165) is 36.5 Å². The first-order valence-electron chi connectivity index (χ1n) is 10.3. The lowest BCUT2D eigenvalue weighted by Gasteiger charge is -2.31. The average Bonchev–Trinajstić information content (AvgIpc) is 2.77. The van der Waals surface area contributed by atoms with E-state index in [4.69, 9.17) is 4.74 Å². The highest BCUT2D eigenvalue weighted by Crippen LogP contribution is 2.22. The number of benzene rings is 2. The standard InChI is InChI=1S/C22H28N2O5S/c1-24(19-9-3-2-4-10-19)21(25)16-29-22(26)13-14-23-30(27,28)20-12-11-17-7-5-6-8-18(17)15-20/h5-8,11-12,15,19,23H,2-4,9-10,13-14,16H2,1H3. The van der Waals surface area contributed by atoms with Crippen molar-refractivity contribution in [1.82, 2.24) is 9.62 Å². The van der Waals surface area contributed by atoms with E-state index in [9.17, 15) is 18.0 Å². The highest BCUT2D eigenvalue weighted by Gasteiger charge is 2.23. The fourth-order valence-corrected chi connectivity index (χ4v) is 4.76. The Kier molecular flexibility index (Phi) is 7.44. The van der Waals surface area contributed by atoms with Crippen LogP contribution in [0.1, 0.15) is 38.5 Å². The van der Waals surface area contributed by atoms with Crippen molar-refractivity contribution in [3.8, 4) is 0 Å². The summed E-state index contributed by atoms with van der Waals surface area (Å²) >= 11 is 0. The van der Waals surface area contributed by atoms with Gasteiger partial charge in [0.2, 0.25) is 10.0 Å². The number of ether oxygens (including phenoxy) is 1. The topological polar surface area (TPSA) is 92.8 Å². The van der Waals surface area contributed by atoms with Crippen LogP contribution in [0.4, 0.5) is 0 Å². The zero-order valence-electron chi connectivity index (χ0n) is 17.2. The van der Waals surface area contributed by atoms with Gasteiger partial charge in [0.05, 0.1) is 11.3 Å². The molecule has 7 nitrogen and oxygen atoms in total. The van der Waals surface area contributed by atoms with Crippen LogP contribution < -0.4 is 4.72 Å². The van der Waals surface area contributed by atoms with Crippen LogP contribution in [0.3, 0.4) is 0 Å². The summed E-state index contributed by atoms with van der Waals surface area (Å²) in [6.07, 6.45) is 5.23. The van der Waals surface area contributed by atoms with Gasteiger partial charge in [-0.25, -0.2) is 13.1 Å². The zero-order chi connectivity index (χ0) is 21.6. The van der Waals surface area contributed by atoms with E-state index in [1.54, 1.807) is 24.1 Å². The van der Waals surface area contributed by atoms with Crippen molar-refractivity contribution >= 4 is 32.7 Å². The normalized spacial score (nSPS) is 15.1. The van der Waals surface area contributed by atoms with Crippen molar-refractivity contribution < 1.29 is 22.7 Å². The van der Waals surface area contributed by atoms with Gasteiger partial charge in [0.1, 0.15) is 0 Å². The summed E-state index contributed by atoms with van der Waals surface area (Å²) in [5.74, 6) is -0.839. The van der Waals surface area contributed by atoms with Gasteiger partial charge in [-0.1, -0.05) is 49.6 Å². The molecule has 0 aromatic heterocycles. The second-order valence-corrected chi connectivity index (χ2v) is 9.38. The van der Waals surface area contributed by atoms with Gasteiger partial charge in [-0.3, -0.25) is 9.59 Å². The lowest BCUT2D eigenvalue weighted by atomic mass is 9.94. The Labute approximate surface area is 177 Å². The lowest BCUT2D eigenvalue weighted by molar-refractivity contribution is -0.152. The Bertz CT molecular complexity index is 1000. The van der Waals surface area contributed by atoms with Crippen molar-refractivity contribution in [3.63, 3.8) is 0 Å². The van der Waals surface area contributed by atoms with E-state index < -0.39 is 16.0 Å². The number of nitrogens with zero attached hydrogens (tertiary/aromatic N) is 1. The van der Waals surface area contributed by atoms with Crippen molar-refractivity contribution in [3.05, 3.63) is 42.5 Å². The minimum atomic E-state index is -3.74. The van der Waals surface area contributed by atoms with Crippen LogP contribution in [0.5, 0.6) is 0 Å². The maximum atomic E-state index is 12.5. The molecule has 0 radical (unpaired) electrons. The van der Waals surface area contributed by atoms with E-state index in [1.165, 1.54) is 12.5 Å². The molecule has 0 saturated heterocycles. The van der Waals surface area contributed by atoms with Crippen LogP contribution >= 0.6 is 0 Å². The molecule has 2 aromatic carbocycles. The highest BCUT2D eigenvalue weighted by atomic mass is 32.2. The number of nitrogens with one attached hydrogen (secondary N) is 1. The Balaban J connectivity index is 1.44. The van der Waals surface area contributed by atoms with Crippen molar-refractivity contribution in [2.75, 3.05) is 20.2 Å². The molecule has 1 aliphatic carbocycles. The number of carbonyl (C=O) groups is 2. The van der Waals surface area contributed by atoms with Gasteiger partial charge in [0.15, 0.2) is 6.61 Å². The Morgan fingerprint density at radius 2 is 1.77 bits per heavy atom. The molecule has 2 aromatic rings. The molecule has 1 aliphatic rings. The highest BCUT2D eigenvalue weighted by molar-refractivity contribution is 7.89. The maximum Gasteiger partial charge on any atom is 0.307 e. The van der Waals surface area contributed by atoms with Crippen LogP contribution in [0.15, 0.2) is 47.4 Å². The van der Waals surface area contributed by atoms with Gasteiger partial charge in [0, 0.05) is 19.6 Å². The van der Waals surface area contributed by atoms with Crippen LogP contribution in [0, 0.1) is 0 Å². The lowest BCUT2D eigenvalue weighted by Crippen LogP contribution is -2.40. The molecule has 8 heteroatoms. The Morgan fingerprint density at radius 1 is 1.07 bits per heavy atom. The fraction of sp³-hybridized carbons (Fsp3) is 0.455. The summed E-state index contributed by atoms with van der Waals surface area (Å²) in [7, 11) is -2.00. The van der Waals surface area contributed by atoms with Crippen LogP contribution in [-0.2, 0) is 24.3 Å². The van der Waals surface area contributed by atoms with Crippen molar-refractivity contribution in [2.45, 2.75) is 49.5 Å². The molecule has 30 heavy (non-hydrogen) atoms. The smallest absolute Gasteiger partial charge is 0.307 e. The molecule has 0 unspecified atom stereocenters. The monoisotopic (exact) mass is 432 g/mol. The maximum absolute atomic E-state index is 12.5. The number of sulfonamides is 1. The third-order valence-corrected chi connectivity index (χ3v) is 6.98. The molecule has 0 heterocycles. The van der Waals surface area contributed by atoms with Gasteiger partial charge in [-0.2, -0.15) is 0 Å². The van der Waals surface area contributed by atoms with E-state index in [2.05, 4.69) is 4.72 Å². The van der Waals surface area contributed by atoms with E-state index in [1.807, 2.05) is 24.3 Å². The summed E-state index contributed by atoms with van der Waals surface area (Å²) in [4.78, 5) is 25.9. The average molecular weight is 433 g/mol. The summed E-state index contributed by atoms with van der Waals surface area (Å²) < 4.78 is 32.4. The second kappa shape index (κ2) is 10.0. The number of likely N-dealkylation sites (N-methyl/N-ethyl adjacent to an activating group) is 1. The largest absolute Gasteiger partial charge is 0.456 e. The van der Waals surface area contributed by atoms with Crippen molar-refractivity contribution in [1.29, 1.82) is 0 Å². The zero-order valence-corrected chi connectivity index (χ0v) is 18.0. The molecule has 0 bridgehead atoms.